The van der Waals surface area contributed by atoms with Crippen LogP contribution in [0.5, 0.6) is 0 Å². The van der Waals surface area contributed by atoms with E-state index >= 15 is 0 Å². The zero-order chi connectivity index (χ0) is 13.3. The van der Waals surface area contributed by atoms with Gasteiger partial charge in [-0.05, 0) is 24.6 Å². The van der Waals surface area contributed by atoms with Gasteiger partial charge in [-0.1, -0.05) is 23.2 Å². The van der Waals surface area contributed by atoms with Crippen LogP contribution in [0, 0.1) is 5.82 Å². The minimum atomic E-state index is -0.481. The molecule has 1 atom stereocenters. The average molecular weight is 288 g/mol. The first-order valence-electron chi connectivity index (χ1n) is 5.38. The highest BCUT2D eigenvalue weighted by atomic mass is 35.5. The third-order valence-corrected chi connectivity index (χ3v) is 3.20. The number of aryl methyl sites for hydroxylation is 1. The fourth-order valence-electron chi connectivity index (χ4n) is 1.66. The van der Waals surface area contributed by atoms with E-state index < -0.39 is 5.82 Å². The lowest BCUT2D eigenvalue weighted by atomic mass is 10.1. The van der Waals surface area contributed by atoms with E-state index in [1.807, 2.05) is 26.2 Å². The summed E-state index contributed by atoms with van der Waals surface area (Å²) in [5.74, 6) is 0.224. The second-order valence-electron chi connectivity index (χ2n) is 4.03. The first kappa shape index (κ1) is 13.2. The van der Waals surface area contributed by atoms with E-state index in [9.17, 15) is 4.39 Å². The maximum atomic E-state index is 13.4. The van der Waals surface area contributed by atoms with Gasteiger partial charge in [0, 0.05) is 24.3 Å². The molecule has 0 radical (unpaired) electrons. The van der Waals surface area contributed by atoms with Crippen LogP contribution >= 0.6 is 23.2 Å². The van der Waals surface area contributed by atoms with Crippen molar-refractivity contribution in [2.45, 2.75) is 13.0 Å². The molecule has 2 aromatic rings. The molecule has 96 valence electrons. The third kappa shape index (κ3) is 2.76. The van der Waals surface area contributed by atoms with Crippen molar-refractivity contribution < 1.29 is 4.39 Å². The van der Waals surface area contributed by atoms with Gasteiger partial charge in [-0.2, -0.15) is 5.10 Å². The number of hydrogen-bond acceptors (Lipinski definition) is 2. The number of benzene rings is 1. The van der Waals surface area contributed by atoms with Crippen LogP contribution in [0.2, 0.25) is 10.0 Å². The molecule has 0 fully saturated rings. The number of anilines is 1. The fourth-order valence-corrected chi connectivity index (χ4v) is 2.21. The molecule has 0 saturated carbocycles. The van der Waals surface area contributed by atoms with Crippen LogP contribution in [-0.2, 0) is 7.05 Å². The number of halogens is 3. The highest BCUT2D eigenvalue weighted by Gasteiger charge is 2.14. The van der Waals surface area contributed by atoms with Crippen molar-refractivity contribution in [1.29, 1.82) is 0 Å². The lowest BCUT2D eigenvalue weighted by Gasteiger charge is -2.15. The summed E-state index contributed by atoms with van der Waals surface area (Å²) in [4.78, 5) is 0. The molecule has 0 aliphatic rings. The number of nitrogens with one attached hydrogen (secondary N) is 1. The van der Waals surface area contributed by atoms with E-state index in [4.69, 9.17) is 23.2 Å². The summed E-state index contributed by atoms with van der Waals surface area (Å²) in [6.45, 7) is 1.88. The van der Waals surface area contributed by atoms with Crippen LogP contribution in [-0.4, -0.2) is 9.78 Å². The average Bonchev–Trinajstić information content (AvgIpc) is 2.69. The predicted molar refractivity (Wildman–Crippen MR) is 71.7 cm³/mol. The quantitative estimate of drug-likeness (QED) is 0.864. The standard InChI is InChI=1S/C12H12Cl2FN3/c1-7(16-12-3-4-18(2)17-12)8-5-11(15)10(14)6-9(8)13/h3-7H,1-2H3,(H,16,17). The maximum absolute atomic E-state index is 13.4. The second-order valence-corrected chi connectivity index (χ2v) is 4.84. The van der Waals surface area contributed by atoms with Gasteiger partial charge in [-0.15, -0.1) is 0 Å². The molecule has 0 bridgehead atoms. The van der Waals surface area contributed by atoms with Gasteiger partial charge in [0.05, 0.1) is 11.1 Å². The van der Waals surface area contributed by atoms with Gasteiger partial charge in [0.1, 0.15) is 11.6 Å². The zero-order valence-corrected chi connectivity index (χ0v) is 11.4. The molecule has 1 N–H and O–H groups in total. The Morgan fingerprint density at radius 3 is 2.67 bits per heavy atom. The Labute approximate surface area is 115 Å². The summed E-state index contributed by atoms with van der Waals surface area (Å²) < 4.78 is 15.1. The third-order valence-electron chi connectivity index (χ3n) is 2.58. The van der Waals surface area contributed by atoms with Crippen molar-refractivity contribution in [2.24, 2.45) is 7.05 Å². The molecule has 0 amide bonds. The lowest BCUT2D eigenvalue weighted by molar-refractivity contribution is 0.624. The Morgan fingerprint density at radius 2 is 2.06 bits per heavy atom. The van der Waals surface area contributed by atoms with E-state index in [0.717, 1.165) is 0 Å². The molecule has 1 heterocycles. The Kier molecular flexibility index (Phi) is 3.78. The number of nitrogens with zero attached hydrogens (tertiary/aromatic N) is 2. The van der Waals surface area contributed by atoms with Gasteiger partial charge in [0.25, 0.3) is 0 Å². The molecule has 0 aliphatic carbocycles. The number of aromatic nitrogens is 2. The Bertz CT molecular complexity index is 568. The van der Waals surface area contributed by atoms with Gasteiger partial charge < -0.3 is 5.32 Å². The molecule has 6 heteroatoms. The molecular weight excluding hydrogens is 276 g/mol. The summed E-state index contributed by atoms with van der Waals surface area (Å²) in [6, 6.07) is 4.41. The Hall–Kier alpha value is -1.26. The van der Waals surface area contributed by atoms with Gasteiger partial charge in [-0.25, -0.2) is 4.39 Å². The van der Waals surface area contributed by atoms with Crippen molar-refractivity contribution in [3.63, 3.8) is 0 Å². The van der Waals surface area contributed by atoms with Crippen LogP contribution in [0.1, 0.15) is 18.5 Å². The normalized spacial score (nSPS) is 12.5. The summed E-state index contributed by atoms with van der Waals surface area (Å²) in [6.07, 6.45) is 1.82. The summed E-state index contributed by atoms with van der Waals surface area (Å²) in [5, 5.41) is 7.78. The molecule has 0 saturated heterocycles. The lowest BCUT2D eigenvalue weighted by Crippen LogP contribution is -2.08. The van der Waals surface area contributed by atoms with Gasteiger partial charge in [0.15, 0.2) is 0 Å². The van der Waals surface area contributed by atoms with E-state index in [1.165, 1.54) is 12.1 Å². The van der Waals surface area contributed by atoms with Crippen LogP contribution in [0.25, 0.3) is 0 Å². The van der Waals surface area contributed by atoms with Crippen molar-refractivity contribution in [3.05, 3.63) is 45.8 Å². The van der Waals surface area contributed by atoms with E-state index in [0.29, 0.717) is 16.4 Å². The number of hydrogen-bond donors (Lipinski definition) is 1. The van der Waals surface area contributed by atoms with E-state index in [-0.39, 0.29) is 11.1 Å². The van der Waals surface area contributed by atoms with Crippen LogP contribution in [0.4, 0.5) is 10.2 Å². The molecule has 1 aromatic carbocycles. The van der Waals surface area contributed by atoms with Crippen molar-refractivity contribution in [1.82, 2.24) is 9.78 Å². The molecule has 1 unspecified atom stereocenters. The fraction of sp³-hybridized carbons (Fsp3) is 0.250. The minimum Gasteiger partial charge on any atom is -0.362 e. The number of rotatable bonds is 3. The topological polar surface area (TPSA) is 29.9 Å². The van der Waals surface area contributed by atoms with Crippen LogP contribution < -0.4 is 5.32 Å². The first-order valence-corrected chi connectivity index (χ1v) is 6.13. The van der Waals surface area contributed by atoms with Crippen LogP contribution in [0.3, 0.4) is 0 Å². The predicted octanol–water partition coefficient (Wildman–Crippen LogP) is 4.04. The van der Waals surface area contributed by atoms with Crippen molar-refractivity contribution in [3.8, 4) is 0 Å². The van der Waals surface area contributed by atoms with Gasteiger partial charge in [-0.3, -0.25) is 4.68 Å². The molecule has 2 rings (SSSR count). The summed E-state index contributed by atoms with van der Waals surface area (Å²) >= 11 is 11.7. The largest absolute Gasteiger partial charge is 0.362 e. The highest BCUT2D eigenvalue weighted by Crippen LogP contribution is 2.30. The summed E-state index contributed by atoms with van der Waals surface area (Å²) in [7, 11) is 1.82. The van der Waals surface area contributed by atoms with Crippen LogP contribution in [0.15, 0.2) is 24.4 Å². The molecule has 0 aliphatic heterocycles. The highest BCUT2D eigenvalue weighted by molar-refractivity contribution is 6.35. The molecule has 0 spiro atoms. The monoisotopic (exact) mass is 287 g/mol. The molecule has 1 aromatic heterocycles. The van der Waals surface area contributed by atoms with Gasteiger partial charge >= 0.3 is 0 Å². The Balaban J connectivity index is 2.23. The SMILES string of the molecule is CC(Nc1ccn(C)n1)c1cc(F)c(Cl)cc1Cl. The van der Waals surface area contributed by atoms with Gasteiger partial charge in [0.2, 0.25) is 0 Å². The Morgan fingerprint density at radius 1 is 1.33 bits per heavy atom. The first-order chi connectivity index (χ1) is 8.47. The van der Waals surface area contributed by atoms with E-state index in [2.05, 4.69) is 10.4 Å². The second kappa shape index (κ2) is 5.16. The molecular formula is C12H12Cl2FN3. The van der Waals surface area contributed by atoms with Crippen molar-refractivity contribution in [2.75, 3.05) is 5.32 Å². The maximum Gasteiger partial charge on any atom is 0.148 e. The molecule has 3 nitrogen and oxygen atoms in total. The van der Waals surface area contributed by atoms with Crippen molar-refractivity contribution >= 4 is 29.0 Å². The zero-order valence-electron chi connectivity index (χ0n) is 9.92. The molecule has 18 heavy (non-hydrogen) atoms. The summed E-state index contributed by atoms with van der Waals surface area (Å²) in [5.41, 5.74) is 0.643. The van der Waals surface area contributed by atoms with E-state index in [1.54, 1.807) is 4.68 Å². The minimum absolute atomic E-state index is 0.0220. The smallest absolute Gasteiger partial charge is 0.148 e.